The van der Waals surface area contributed by atoms with Crippen LogP contribution in [0.5, 0.6) is 5.75 Å². The molecule has 1 fully saturated rings. The first-order valence-corrected chi connectivity index (χ1v) is 4.20. The molecule has 3 heteroatoms. The van der Waals surface area contributed by atoms with Crippen LogP contribution in [0.1, 0.15) is 6.92 Å². The lowest BCUT2D eigenvalue weighted by Gasteiger charge is -2.07. The van der Waals surface area contributed by atoms with E-state index in [0.717, 1.165) is 6.61 Å². The number of hydrogen-bond acceptors (Lipinski definition) is 2. The zero-order valence-corrected chi connectivity index (χ0v) is 7.42. The second-order valence-electron chi connectivity index (χ2n) is 3.48. The topological polar surface area (TPSA) is 21.8 Å². The molecule has 1 heterocycles. The van der Waals surface area contributed by atoms with Crippen molar-refractivity contribution in [1.82, 2.24) is 0 Å². The number of halogens is 1. The Hall–Kier alpha value is -1.09. The largest absolute Gasteiger partial charge is 0.490 e. The minimum atomic E-state index is -0.249. The predicted octanol–water partition coefficient (Wildman–Crippen LogP) is 1.99. The molecule has 0 aromatic heterocycles. The average Bonchev–Trinajstić information content (AvgIpc) is 2.84. The van der Waals surface area contributed by atoms with Gasteiger partial charge in [0, 0.05) is 0 Å². The molecule has 1 aromatic rings. The summed E-state index contributed by atoms with van der Waals surface area (Å²) in [6.07, 6.45) is 0. The summed E-state index contributed by atoms with van der Waals surface area (Å²) in [5.74, 6) is 0.430. The van der Waals surface area contributed by atoms with E-state index in [1.165, 1.54) is 12.1 Å². The molecule has 0 N–H and O–H groups in total. The fraction of sp³-hybridized carbons (Fsp3) is 0.400. The second kappa shape index (κ2) is 3.00. The lowest BCUT2D eigenvalue weighted by atomic mass is 10.2. The quantitative estimate of drug-likeness (QED) is 0.667. The van der Waals surface area contributed by atoms with E-state index in [4.69, 9.17) is 9.47 Å². The fourth-order valence-corrected chi connectivity index (χ4v) is 0.973. The van der Waals surface area contributed by atoms with Gasteiger partial charge in [-0.2, -0.15) is 0 Å². The smallest absolute Gasteiger partial charge is 0.123 e. The highest BCUT2D eigenvalue weighted by Crippen LogP contribution is 2.26. The first kappa shape index (κ1) is 8.51. The maximum atomic E-state index is 12.5. The van der Waals surface area contributed by atoms with Crippen LogP contribution in [-0.2, 0) is 4.74 Å². The SMILES string of the molecule is C[C@@]1(COc2ccc(F)cc2)CO1. The summed E-state index contributed by atoms with van der Waals surface area (Å²) < 4.78 is 23.0. The van der Waals surface area contributed by atoms with E-state index in [0.29, 0.717) is 12.4 Å². The molecule has 1 atom stereocenters. The van der Waals surface area contributed by atoms with Crippen molar-refractivity contribution in [3.8, 4) is 5.75 Å². The molecule has 1 aliphatic rings. The van der Waals surface area contributed by atoms with Crippen LogP contribution < -0.4 is 4.74 Å². The lowest BCUT2D eigenvalue weighted by Crippen LogP contribution is -2.16. The number of epoxide rings is 1. The fourth-order valence-electron chi connectivity index (χ4n) is 0.973. The molecule has 0 unspecified atom stereocenters. The molecule has 0 spiro atoms. The van der Waals surface area contributed by atoms with Gasteiger partial charge in [-0.25, -0.2) is 4.39 Å². The molecule has 70 valence electrons. The van der Waals surface area contributed by atoms with E-state index in [-0.39, 0.29) is 11.4 Å². The highest BCUT2D eigenvalue weighted by molar-refractivity contribution is 5.22. The van der Waals surface area contributed by atoms with Crippen LogP contribution in [0.3, 0.4) is 0 Å². The third-order valence-corrected chi connectivity index (χ3v) is 1.99. The second-order valence-corrected chi connectivity index (χ2v) is 3.48. The van der Waals surface area contributed by atoms with E-state index in [1.807, 2.05) is 6.92 Å². The van der Waals surface area contributed by atoms with Crippen molar-refractivity contribution in [2.45, 2.75) is 12.5 Å². The maximum absolute atomic E-state index is 12.5. The monoisotopic (exact) mass is 182 g/mol. The summed E-state index contributed by atoms with van der Waals surface area (Å²) in [6.45, 7) is 3.25. The third-order valence-electron chi connectivity index (χ3n) is 1.99. The summed E-state index contributed by atoms with van der Waals surface area (Å²) in [4.78, 5) is 0. The molecule has 1 aromatic carbocycles. The summed E-state index contributed by atoms with van der Waals surface area (Å²) in [5, 5.41) is 0. The van der Waals surface area contributed by atoms with Gasteiger partial charge < -0.3 is 9.47 Å². The van der Waals surface area contributed by atoms with Crippen LogP contribution in [0.15, 0.2) is 24.3 Å². The molecule has 0 aliphatic carbocycles. The van der Waals surface area contributed by atoms with Crippen LogP contribution in [0.4, 0.5) is 4.39 Å². The standard InChI is InChI=1S/C10H11FO2/c1-10(7-13-10)6-12-9-4-2-8(11)3-5-9/h2-5H,6-7H2,1H3/t10-/m1/s1. The van der Waals surface area contributed by atoms with Crippen molar-refractivity contribution in [2.24, 2.45) is 0 Å². The van der Waals surface area contributed by atoms with Crippen molar-refractivity contribution in [3.63, 3.8) is 0 Å². The van der Waals surface area contributed by atoms with E-state index in [1.54, 1.807) is 12.1 Å². The van der Waals surface area contributed by atoms with E-state index in [2.05, 4.69) is 0 Å². The first-order valence-electron chi connectivity index (χ1n) is 4.20. The highest BCUT2D eigenvalue weighted by Gasteiger charge is 2.40. The molecule has 13 heavy (non-hydrogen) atoms. The molecule has 1 aliphatic heterocycles. The Morgan fingerprint density at radius 2 is 2.08 bits per heavy atom. The maximum Gasteiger partial charge on any atom is 0.123 e. The lowest BCUT2D eigenvalue weighted by molar-refractivity contribution is 0.202. The number of rotatable bonds is 3. The highest BCUT2D eigenvalue weighted by atomic mass is 19.1. The Morgan fingerprint density at radius 1 is 1.46 bits per heavy atom. The third kappa shape index (κ3) is 2.18. The summed E-state index contributed by atoms with van der Waals surface area (Å²) >= 11 is 0. The van der Waals surface area contributed by atoms with Gasteiger partial charge in [-0.1, -0.05) is 0 Å². The first-order chi connectivity index (χ1) is 6.18. The molecule has 2 rings (SSSR count). The summed E-state index contributed by atoms with van der Waals surface area (Å²) in [5.41, 5.74) is -0.117. The molecule has 0 saturated carbocycles. The molecule has 0 bridgehead atoms. The van der Waals surface area contributed by atoms with Crippen LogP contribution >= 0.6 is 0 Å². The zero-order valence-electron chi connectivity index (χ0n) is 7.42. The van der Waals surface area contributed by atoms with Gasteiger partial charge in [0.05, 0.1) is 6.61 Å². The van der Waals surface area contributed by atoms with Gasteiger partial charge in [-0.3, -0.25) is 0 Å². The molecular weight excluding hydrogens is 171 g/mol. The normalized spacial score (nSPS) is 25.7. The van der Waals surface area contributed by atoms with Gasteiger partial charge in [0.15, 0.2) is 0 Å². The zero-order chi connectivity index (χ0) is 9.31. The average molecular weight is 182 g/mol. The van der Waals surface area contributed by atoms with Crippen LogP contribution in [-0.4, -0.2) is 18.8 Å². The van der Waals surface area contributed by atoms with Crippen LogP contribution in [0.25, 0.3) is 0 Å². The van der Waals surface area contributed by atoms with Crippen molar-refractivity contribution >= 4 is 0 Å². The minimum Gasteiger partial charge on any atom is -0.490 e. The molecule has 2 nitrogen and oxygen atoms in total. The Kier molecular flexibility index (Phi) is 1.96. The Bertz CT molecular complexity index is 290. The van der Waals surface area contributed by atoms with Crippen molar-refractivity contribution < 1.29 is 13.9 Å². The van der Waals surface area contributed by atoms with Crippen molar-refractivity contribution in [3.05, 3.63) is 30.1 Å². The molecule has 0 amide bonds. The number of benzene rings is 1. The van der Waals surface area contributed by atoms with Gasteiger partial charge in [-0.05, 0) is 31.2 Å². The van der Waals surface area contributed by atoms with Gasteiger partial charge in [-0.15, -0.1) is 0 Å². The Balaban J connectivity index is 1.91. The molecular formula is C10H11FO2. The predicted molar refractivity (Wildman–Crippen MR) is 46.3 cm³/mol. The van der Waals surface area contributed by atoms with Gasteiger partial charge in [0.25, 0.3) is 0 Å². The van der Waals surface area contributed by atoms with Gasteiger partial charge in [0.2, 0.25) is 0 Å². The Labute approximate surface area is 76.3 Å². The van der Waals surface area contributed by atoms with Crippen LogP contribution in [0.2, 0.25) is 0 Å². The number of ether oxygens (including phenoxy) is 2. The van der Waals surface area contributed by atoms with E-state index < -0.39 is 0 Å². The van der Waals surface area contributed by atoms with Crippen molar-refractivity contribution in [2.75, 3.05) is 13.2 Å². The number of hydrogen-bond donors (Lipinski definition) is 0. The van der Waals surface area contributed by atoms with Crippen molar-refractivity contribution in [1.29, 1.82) is 0 Å². The molecule has 0 radical (unpaired) electrons. The molecule has 1 saturated heterocycles. The summed E-state index contributed by atoms with van der Waals surface area (Å²) in [6, 6.07) is 5.99. The van der Waals surface area contributed by atoms with Gasteiger partial charge in [0.1, 0.15) is 23.8 Å². The minimum absolute atomic E-state index is 0.117. The van der Waals surface area contributed by atoms with Crippen LogP contribution in [0, 0.1) is 5.82 Å². The Morgan fingerprint density at radius 3 is 2.62 bits per heavy atom. The van der Waals surface area contributed by atoms with E-state index >= 15 is 0 Å². The van der Waals surface area contributed by atoms with Gasteiger partial charge >= 0.3 is 0 Å². The van der Waals surface area contributed by atoms with E-state index in [9.17, 15) is 4.39 Å². The summed E-state index contributed by atoms with van der Waals surface area (Å²) in [7, 11) is 0.